The number of hydrogen-bond acceptors (Lipinski definition) is 5. The zero-order chi connectivity index (χ0) is 20.6. The third kappa shape index (κ3) is 6.17. The number of carbonyl (C=O) groups excluding carboxylic acids is 3. The molecule has 0 aromatic heterocycles. The second kappa shape index (κ2) is 10.8. The normalized spacial score (nSPS) is 24.9. The summed E-state index contributed by atoms with van der Waals surface area (Å²) >= 11 is 0. The number of carbonyl (C=O) groups is 3. The van der Waals surface area contributed by atoms with Crippen LogP contribution in [0.15, 0.2) is 0 Å². The second-order valence-corrected chi connectivity index (χ2v) is 7.87. The fourth-order valence-electron chi connectivity index (χ4n) is 4.01. The van der Waals surface area contributed by atoms with Gasteiger partial charge in [-0.3, -0.25) is 9.59 Å². The van der Waals surface area contributed by atoms with Gasteiger partial charge >= 0.3 is 6.03 Å². The van der Waals surface area contributed by atoms with Gasteiger partial charge < -0.3 is 25.0 Å². The molecule has 0 spiro atoms. The van der Waals surface area contributed by atoms with E-state index in [1.165, 1.54) is 0 Å². The molecule has 1 unspecified atom stereocenters. The van der Waals surface area contributed by atoms with Gasteiger partial charge in [0, 0.05) is 13.1 Å². The topological polar surface area (TPSA) is 97.0 Å². The summed E-state index contributed by atoms with van der Waals surface area (Å²) in [4.78, 5) is 38.8. The Kier molecular flexibility index (Phi) is 8.69. The first-order chi connectivity index (χ1) is 13.5. The van der Waals surface area contributed by atoms with Crippen LogP contribution in [-0.4, -0.2) is 74.2 Å². The molecule has 1 aliphatic carbocycles. The summed E-state index contributed by atoms with van der Waals surface area (Å²) in [5.74, 6) is -0.424. The largest absolute Gasteiger partial charge is 0.378 e. The van der Waals surface area contributed by atoms with Gasteiger partial charge in [0.1, 0.15) is 18.7 Å². The number of nitrogens with one attached hydrogen (secondary N) is 2. The van der Waals surface area contributed by atoms with Gasteiger partial charge in [0.25, 0.3) is 0 Å². The molecular formula is C20H35N3O5. The molecule has 2 heterocycles. The molecule has 28 heavy (non-hydrogen) atoms. The summed E-state index contributed by atoms with van der Waals surface area (Å²) in [6.45, 7) is 8.47. The van der Waals surface area contributed by atoms with E-state index >= 15 is 0 Å². The molecule has 2 aliphatic heterocycles. The fraction of sp³-hybridized carbons (Fsp3) is 0.850. The Balaban J connectivity index is 0.00000136. The number of urea groups is 1. The highest BCUT2D eigenvalue weighted by atomic mass is 16.5. The smallest absolute Gasteiger partial charge is 0.318 e. The van der Waals surface area contributed by atoms with Gasteiger partial charge in [-0.25, -0.2) is 4.79 Å². The molecule has 3 aliphatic rings. The maximum atomic E-state index is 12.8. The predicted molar refractivity (Wildman–Crippen MR) is 105 cm³/mol. The lowest BCUT2D eigenvalue weighted by Gasteiger charge is -2.32. The van der Waals surface area contributed by atoms with Crippen molar-refractivity contribution >= 4 is 17.7 Å². The molecule has 2 saturated heterocycles. The highest BCUT2D eigenvalue weighted by molar-refractivity contribution is 5.94. The molecule has 8 heteroatoms. The summed E-state index contributed by atoms with van der Waals surface area (Å²) in [5.41, 5.74) is 0.0382. The van der Waals surface area contributed by atoms with Crippen LogP contribution in [0.2, 0.25) is 0 Å². The number of ether oxygens (including phenoxy) is 2. The van der Waals surface area contributed by atoms with Crippen LogP contribution in [0.1, 0.15) is 52.9 Å². The van der Waals surface area contributed by atoms with Crippen LogP contribution < -0.4 is 10.6 Å². The van der Waals surface area contributed by atoms with Crippen LogP contribution >= 0.6 is 0 Å². The summed E-state index contributed by atoms with van der Waals surface area (Å²) in [5, 5.41) is 5.65. The van der Waals surface area contributed by atoms with Crippen molar-refractivity contribution < 1.29 is 23.9 Å². The number of amides is 3. The average molecular weight is 398 g/mol. The molecule has 2 N–H and O–H groups in total. The third-order valence-electron chi connectivity index (χ3n) is 5.65. The predicted octanol–water partition coefficient (Wildman–Crippen LogP) is 1.48. The molecule has 1 saturated carbocycles. The molecule has 2 atom stereocenters. The van der Waals surface area contributed by atoms with Crippen molar-refractivity contribution in [3.05, 3.63) is 0 Å². The Morgan fingerprint density at radius 3 is 2.39 bits per heavy atom. The van der Waals surface area contributed by atoms with Crippen molar-refractivity contribution in [3.63, 3.8) is 0 Å². The zero-order valence-corrected chi connectivity index (χ0v) is 17.4. The van der Waals surface area contributed by atoms with Crippen molar-refractivity contribution in [1.82, 2.24) is 15.5 Å². The Morgan fingerprint density at radius 2 is 1.82 bits per heavy atom. The SMILES string of the molecule is CC.CC1(C[C@H](NC(=O)N2CCOCC2)C(=O)NC2COCC2=O)CCCC1. The van der Waals surface area contributed by atoms with E-state index in [4.69, 9.17) is 9.47 Å². The van der Waals surface area contributed by atoms with E-state index < -0.39 is 12.1 Å². The molecule has 3 rings (SSSR count). The van der Waals surface area contributed by atoms with Crippen LogP contribution in [0.4, 0.5) is 4.79 Å². The van der Waals surface area contributed by atoms with Crippen LogP contribution in [0.25, 0.3) is 0 Å². The molecule has 3 amide bonds. The minimum absolute atomic E-state index is 0.0352. The lowest BCUT2D eigenvalue weighted by Crippen LogP contribution is -2.56. The number of ketones is 1. The first-order valence-electron chi connectivity index (χ1n) is 10.5. The molecule has 0 radical (unpaired) electrons. The Bertz CT molecular complexity index is 542. The van der Waals surface area contributed by atoms with E-state index in [2.05, 4.69) is 17.6 Å². The quantitative estimate of drug-likeness (QED) is 0.732. The second-order valence-electron chi connectivity index (χ2n) is 7.87. The summed E-state index contributed by atoms with van der Waals surface area (Å²) < 4.78 is 10.4. The van der Waals surface area contributed by atoms with Gasteiger partial charge in [0.05, 0.1) is 19.8 Å². The Labute approximate surface area is 167 Å². The van der Waals surface area contributed by atoms with Crippen molar-refractivity contribution in [1.29, 1.82) is 0 Å². The maximum absolute atomic E-state index is 12.8. The van der Waals surface area contributed by atoms with E-state index in [1.807, 2.05) is 13.8 Å². The summed E-state index contributed by atoms with van der Waals surface area (Å²) in [7, 11) is 0. The molecular weight excluding hydrogens is 362 g/mol. The van der Waals surface area contributed by atoms with Crippen LogP contribution in [0.3, 0.4) is 0 Å². The van der Waals surface area contributed by atoms with Gasteiger partial charge in [-0.15, -0.1) is 0 Å². The summed E-state index contributed by atoms with van der Waals surface area (Å²) in [6, 6.07) is -1.51. The van der Waals surface area contributed by atoms with E-state index in [0.29, 0.717) is 32.7 Å². The van der Waals surface area contributed by atoms with E-state index in [-0.39, 0.29) is 36.4 Å². The lowest BCUT2D eigenvalue weighted by molar-refractivity contribution is -0.127. The minimum atomic E-state index is -0.651. The molecule has 3 fully saturated rings. The monoisotopic (exact) mass is 397 g/mol. The highest BCUT2D eigenvalue weighted by Crippen LogP contribution is 2.41. The summed E-state index contributed by atoms with van der Waals surface area (Å²) in [6.07, 6.45) is 4.98. The number of hydrogen-bond donors (Lipinski definition) is 2. The van der Waals surface area contributed by atoms with Gasteiger partial charge in [-0.05, 0) is 24.7 Å². The standard InChI is InChI=1S/C18H29N3O5.C2H6/c1-18(4-2-3-5-18)10-13(16(23)19-14-11-26-12-15(14)22)20-17(24)21-6-8-25-9-7-21;1-2/h13-14H,2-12H2,1H3,(H,19,23)(H,20,24);1-2H3/t13-,14?;/m0./s1. The molecule has 160 valence electrons. The van der Waals surface area contributed by atoms with Crippen LogP contribution in [0, 0.1) is 5.41 Å². The zero-order valence-electron chi connectivity index (χ0n) is 17.4. The average Bonchev–Trinajstić information content (AvgIpc) is 3.32. The van der Waals surface area contributed by atoms with E-state index in [9.17, 15) is 14.4 Å². The van der Waals surface area contributed by atoms with Crippen molar-refractivity contribution in [2.75, 3.05) is 39.5 Å². The highest BCUT2D eigenvalue weighted by Gasteiger charge is 2.37. The third-order valence-corrected chi connectivity index (χ3v) is 5.65. The molecule has 0 bridgehead atoms. The Hall–Kier alpha value is -1.67. The maximum Gasteiger partial charge on any atom is 0.318 e. The number of nitrogens with zero attached hydrogens (tertiary/aromatic N) is 1. The van der Waals surface area contributed by atoms with Crippen LogP contribution in [0.5, 0.6) is 0 Å². The van der Waals surface area contributed by atoms with Gasteiger partial charge in [0.2, 0.25) is 5.91 Å². The molecule has 0 aromatic rings. The van der Waals surface area contributed by atoms with Crippen molar-refractivity contribution in [2.24, 2.45) is 5.41 Å². The number of rotatable bonds is 5. The first kappa shape index (κ1) is 22.6. The number of morpholine rings is 1. The first-order valence-corrected chi connectivity index (χ1v) is 10.5. The van der Waals surface area contributed by atoms with Gasteiger partial charge in [-0.1, -0.05) is 33.6 Å². The van der Waals surface area contributed by atoms with Crippen molar-refractivity contribution in [2.45, 2.75) is 65.0 Å². The van der Waals surface area contributed by atoms with Gasteiger partial charge in [0.15, 0.2) is 5.78 Å². The number of Topliss-reactive ketones (excluding diaryl/α,β-unsaturated/α-hetero) is 1. The van der Waals surface area contributed by atoms with Gasteiger partial charge in [-0.2, -0.15) is 0 Å². The molecule has 0 aromatic carbocycles. The molecule has 8 nitrogen and oxygen atoms in total. The van der Waals surface area contributed by atoms with Crippen LogP contribution in [-0.2, 0) is 19.1 Å². The van der Waals surface area contributed by atoms with E-state index in [1.54, 1.807) is 4.90 Å². The fourth-order valence-corrected chi connectivity index (χ4v) is 4.01. The van der Waals surface area contributed by atoms with E-state index in [0.717, 1.165) is 25.7 Å². The lowest BCUT2D eigenvalue weighted by atomic mass is 9.81. The minimum Gasteiger partial charge on any atom is -0.378 e. The van der Waals surface area contributed by atoms with Crippen molar-refractivity contribution in [3.8, 4) is 0 Å². The Morgan fingerprint density at radius 1 is 1.18 bits per heavy atom.